The van der Waals surface area contributed by atoms with Crippen LogP contribution in [-0.4, -0.2) is 11.1 Å². The van der Waals surface area contributed by atoms with Gasteiger partial charge in [-0.15, -0.1) is 0 Å². The van der Waals surface area contributed by atoms with Crippen molar-refractivity contribution in [2.75, 3.05) is 0 Å². The average Bonchev–Trinajstić information content (AvgIpc) is 2.41. The highest BCUT2D eigenvalue weighted by Gasteiger charge is 2.11. The van der Waals surface area contributed by atoms with Crippen LogP contribution in [0.3, 0.4) is 0 Å². The largest absolute Gasteiger partial charge is 0.478 e. The predicted octanol–water partition coefficient (Wildman–Crippen LogP) is 3.24. The van der Waals surface area contributed by atoms with Gasteiger partial charge in [-0.2, -0.15) is 0 Å². The van der Waals surface area contributed by atoms with E-state index < -0.39 is 11.8 Å². The second-order valence-corrected chi connectivity index (χ2v) is 4.09. The summed E-state index contributed by atoms with van der Waals surface area (Å²) in [7, 11) is 0. The lowest BCUT2D eigenvalue weighted by molar-refractivity contribution is 0.0683. The summed E-state index contributed by atoms with van der Waals surface area (Å²) in [6.45, 7) is 0.522. The summed E-state index contributed by atoms with van der Waals surface area (Å²) in [5, 5.41) is 8.98. The zero-order chi connectivity index (χ0) is 13.7. The number of benzene rings is 2. The van der Waals surface area contributed by atoms with E-state index >= 15 is 0 Å². The molecule has 1 N–H and O–H groups in total. The molecule has 2 aromatic carbocycles. The van der Waals surface area contributed by atoms with Crippen LogP contribution in [0.1, 0.15) is 21.5 Å². The molecule has 0 aliphatic carbocycles. The molecule has 19 heavy (non-hydrogen) atoms. The average molecular weight is 260 g/mol. The molecule has 3 nitrogen and oxygen atoms in total. The Morgan fingerprint density at radius 1 is 1.11 bits per heavy atom. The first-order chi connectivity index (χ1) is 9.16. The Morgan fingerprint density at radius 3 is 2.53 bits per heavy atom. The minimum Gasteiger partial charge on any atom is -0.478 e. The third kappa shape index (κ3) is 3.63. The molecule has 0 aliphatic rings. The molecule has 0 saturated heterocycles. The Bertz CT molecular complexity index is 567. The molecular weight excluding hydrogens is 247 g/mol. The smallest absolute Gasteiger partial charge is 0.336 e. The summed E-state index contributed by atoms with van der Waals surface area (Å²) in [6, 6.07) is 13.2. The molecule has 0 bridgehead atoms. The van der Waals surface area contributed by atoms with E-state index in [-0.39, 0.29) is 12.2 Å². The van der Waals surface area contributed by atoms with E-state index in [4.69, 9.17) is 9.84 Å². The summed E-state index contributed by atoms with van der Waals surface area (Å²) in [6.07, 6.45) is 0. The first-order valence-electron chi connectivity index (χ1n) is 5.80. The van der Waals surface area contributed by atoms with E-state index in [1.54, 1.807) is 0 Å². The van der Waals surface area contributed by atoms with Gasteiger partial charge in [-0.05, 0) is 23.3 Å². The SMILES string of the molecule is O=C(O)c1cc(F)ccc1COCc1ccccc1. The molecule has 0 aliphatic heterocycles. The molecule has 2 rings (SSSR count). The van der Waals surface area contributed by atoms with E-state index in [2.05, 4.69) is 0 Å². The number of rotatable bonds is 5. The number of carboxylic acids is 1. The zero-order valence-electron chi connectivity index (χ0n) is 10.2. The van der Waals surface area contributed by atoms with Crippen LogP contribution in [-0.2, 0) is 18.0 Å². The van der Waals surface area contributed by atoms with Gasteiger partial charge in [0.15, 0.2) is 0 Å². The minimum absolute atomic E-state index is 0.0620. The highest BCUT2D eigenvalue weighted by molar-refractivity contribution is 5.89. The van der Waals surface area contributed by atoms with Gasteiger partial charge < -0.3 is 9.84 Å². The van der Waals surface area contributed by atoms with Gasteiger partial charge in [0.2, 0.25) is 0 Å². The molecule has 0 saturated carbocycles. The molecule has 4 heteroatoms. The van der Waals surface area contributed by atoms with Crippen LogP contribution >= 0.6 is 0 Å². The molecule has 0 unspecified atom stereocenters. The second-order valence-electron chi connectivity index (χ2n) is 4.09. The quantitative estimate of drug-likeness (QED) is 0.897. The second kappa shape index (κ2) is 6.11. The standard InChI is InChI=1S/C15H13FO3/c16-13-7-6-12(14(8-13)15(17)18)10-19-9-11-4-2-1-3-5-11/h1-8H,9-10H2,(H,17,18). The fourth-order valence-corrected chi connectivity index (χ4v) is 1.73. The van der Waals surface area contributed by atoms with Gasteiger partial charge in [0.05, 0.1) is 18.8 Å². The third-order valence-corrected chi connectivity index (χ3v) is 2.67. The van der Waals surface area contributed by atoms with Crippen molar-refractivity contribution >= 4 is 5.97 Å². The number of halogens is 1. The van der Waals surface area contributed by atoms with Crippen LogP contribution in [0.15, 0.2) is 48.5 Å². The molecule has 0 aromatic heterocycles. The zero-order valence-corrected chi connectivity index (χ0v) is 10.2. The van der Waals surface area contributed by atoms with Crippen molar-refractivity contribution in [3.05, 3.63) is 71.0 Å². The molecule has 0 radical (unpaired) electrons. The fourth-order valence-electron chi connectivity index (χ4n) is 1.73. The number of hydrogen-bond donors (Lipinski definition) is 1. The summed E-state index contributed by atoms with van der Waals surface area (Å²) in [4.78, 5) is 11.0. The van der Waals surface area contributed by atoms with Crippen LogP contribution in [0.2, 0.25) is 0 Å². The molecule has 0 amide bonds. The third-order valence-electron chi connectivity index (χ3n) is 2.67. The van der Waals surface area contributed by atoms with Crippen molar-refractivity contribution < 1.29 is 19.0 Å². The molecular formula is C15H13FO3. The van der Waals surface area contributed by atoms with E-state index in [9.17, 15) is 9.18 Å². The Morgan fingerprint density at radius 2 is 1.84 bits per heavy atom. The number of aromatic carboxylic acids is 1. The molecule has 2 aromatic rings. The Hall–Kier alpha value is -2.20. The number of carbonyl (C=O) groups is 1. The predicted molar refractivity (Wildman–Crippen MR) is 68.3 cm³/mol. The molecule has 0 spiro atoms. The normalized spacial score (nSPS) is 10.4. The van der Waals surface area contributed by atoms with Crippen molar-refractivity contribution in [1.82, 2.24) is 0 Å². The summed E-state index contributed by atoms with van der Waals surface area (Å²) < 4.78 is 18.4. The maximum absolute atomic E-state index is 13.0. The summed E-state index contributed by atoms with van der Waals surface area (Å²) in [5.41, 5.74) is 1.40. The first-order valence-corrected chi connectivity index (χ1v) is 5.80. The maximum Gasteiger partial charge on any atom is 0.336 e. The van der Waals surface area contributed by atoms with E-state index in [0.29, 0.717) is 12.2 Å². The number of ether oxygens (including phenoxy) is 1. The maximum atomic E-state index is 13.0. The van der Waals surface area contributed by atoms with E-state index in [1.807, 2.05) is 30.3 Å². The van der Waals surface area contributed by atoms with E-state index in [1.165, 1.54) is 12.1 Å². The first kappa shape index (κ1) is 13.2. The van der Waals surface area contributed by atoms with Crippen molar-refractivity contribution in [3.63, 3.8) is 0 Å². The molecule has 98 valence electrons. The lowest BCUT2D eigenvalue weighted by atomic mass is 10.1. The molecule has 0 atom stereocenters. The fraction of sp³-hybridized carbons (Fsp3) is 0.133. The van der Waals surface area contributed by atoms with Gasteiger partial charge in [-0.3, -0.25) is 0 Å². The van der Waals surface area contributed by atoms with E-state index in [0.717, 1.165) is 11.6 Å². The van der Waals surface area contributed by atoms with Gasteiger partial charge in [0.1, 0.15) is 5.82 Å². The van der Waals surface area contributed by atoms with Crippen molar-refractivity contribution in [1.29, 1.82) is 0 Å². The van der Waals surface area contributed by atoms with Gasteiger partial charge in [-0.1, -0.05) is 36.4 Å². The van der Waals surface area contributed by atoms with Crippen LogP contribution < -0.4 is 0 Å². The van der Waals surface area contributed by atoms with Crippen LogP contribution in [0.4, 0.5) is 4.39 Å². The Balaban J connectivity index is 2.02. The van der Waals surface area contributed by atoms with Gasteiger partial charge in [0.25, 0.3) is 0 Å². The Labute approximate surface area is 110 Å². The number of hydrogen-bond acceptors (Lipinski definition) is 2. The summed E-state index contributed by atoms with van der Waals surface area (Å²) in [5.74, 6) is -1.72. The van der Waals surface area contributed by atoms with Crippen LogP contribution in [0, 0.1) is 5.82 Å². The van der Waals surface area contributed by atoms with Crippen molar-refractivity contribution in [2.24, 2.45) is 0 Å². The lowest BCUT2D eigenvalue weighted by Gasteiger charge is -2.07. The molecule has 0 fully saturated rings. The highest BCUT2D eigenvalue weighted by Crippen LogP contribution is 2.13. The van der Waals surface area contributed by atoms with Crippen molar-refractivity contribution in [3.8, 4) is 0 Å². The van der Waals surface area contributed by atoms with Gasteiger partial charge in [0, 0.05) is 0 Å². The lowest BCUT2D eigenvalue weighted by Crippen LogP contribution is -2.05. The molecule has 0 heterocycles. The van der Waals surface area contributed by atoms with Crippen LogP contribution in [0.5, 0.6) is 0 Å². The monoisotopic (exact) mass is 260 g/mol. The van der Waals surface area contributed by atoms with Gasteiger partial charge >= 0.3 is 5.97 Å². The Kier molecular flexibility index (Phi) is 4.26. The van der Waals surface area contributed by atoms with Gasteiger partial charge in [-0.25, -0.2) is 9.18 Å². The minimum atomic E-state index is -1.15. The summed E-state index contributed by atoms with van der Waals surface area (Å²) >= 11 is 0. The number of carboxylic acid groups (broad SMARTS) is 1. The van der Waals surface area contributed by atoms with Crippen molar-refractivity contribution in [2.45, 2.75) is 13.2 Å². The topological polar surface area (TPSA) is 46.5 Å². The van der Waals surface area contributed by atoms with Crippen LogP contribution in [0.25, 0.3) is 0 Å². The highest BCUT2D eigenvalue weighted by atomic mass is 19.1.